The summed E-state index contributed by atoms with van der Waals surface area (Å²) in [4.78, 5) is 4.27. The van der Waals surface area contributed by atoms with Crippen LogP contribution in [0.1, 0.15) is 19.4 Å². The van der Waals surface area contributed by atoms with Gasteiger partial charge in [0.25, 0.3) is 0 Å². The molecule has 0 aromatic heterocycles. The van der Waals surface area contributed by atoms with Crippen molar-refractivity contribution in [1.82, 2.24) is 9.80 Å². The van der Waals surface area contributed by atoms with E-state index in [4.69, 9.17) is 9.47 Å². The van der Waals surface area contributed by atoms with E-state index in [1.807, 2.05) is 18.7 Å². The molecule has 1 unspecified atom stereocenters. The van der Waals surface area contributed by atoms with Gasteiger partial charge in [0.05, 0.1) is 32.0 Å². The highest BCUT2D eigenvalue weighted by molar-refractivity contribution is 5.18. The molecular weight excluding hydrogens is 342 g/mol. The molecule has 0 spiro atoms. The summed E-state index contributed by atoms with van der Waals surface area (Å²) in [5.41, 5.74) is 0.422. The minimum absolute atomic E-state index is 0.0426. The predicted octanol–water partition coefficient (Wildman–Crippen LogP) is 1.88. The van der Waals surface area contributed by atoms with Crippen molar-refractivity contribution >= 4 is 0 Å². The molecule has 1 aliphatic heterocycles. The fourth-order valence-corrected chi connectivity index (χ4v) is 2.89. The van der Waals surface area contributed by atoms with Gasteiger partial charge in [0, 0.05) is 50.9 Å². The molecule has 7 heteroatoms. The van der Waals surface area contributed by atoms with E-state index >= 15 is 0 Å². The van der Waals surface area contributed by atoms with Crippen molar-refractivity contribution in [3.05, 3.63) is 35.4 Å². The molecule has 1 N–H and O–H groups in total. The quantitative estimate of drug-likeness (QED) is 0.680. The molecule has 0 bridgehead atoms. The summed E-state index contributed by atoms with van der Waals surface area (Å²) in [5, 5.41) is 10.2. The third-order valence-electron chi connectivity index (χ3n) is 4.34. The number of rotatable bonds is 10. The molecule has 1 aromatic carbocycles. The second kappa shape index (κ2) is 10.9. The van der Waals surface area contributed by atoms with Crippen molar-refractivity contribution in [2.24, 2.45) is 0 Å². The third kappa shape index (κ3) is 7.63. The van der Waals surface area contributed by atoms with Crippen molar-refractivity contribution in [1.29, 1.82) is 0 Å². The van der Waals surface area contributed by atoms with Gasteiger partial charge in [-0.25, -0.2) is 8.78 Å². The lowest BCUT2D eigenvalue weighted by Crippen LogP contribution is -2.43. The Kier molecular flexibility index (Phi) is 8.87. The molecule has 0 saturated carbocycles. The van der Waals surface area contributed by atoms with E-state index in [0.29, 0.717) is 25.2 Å². The Morgan fingerprint density at radius 2 is 2.00 bits per heavy atom. The second-order valence-corrected chi connectivity index (χ2v) is 6.96. The Morgan fingerprint density at radius 3 is 2.65 bits per heavy atom. The van der Waals surface area contributed by atoms with Gasteiger partial charge in [-0.2, -0.15) is 0 Å². The number of benzene rings is 1. The fourth-order valence-electron chi connectivity index (χ4n) is 2.89. The average Bonchev–Trinajstić information content (AvgIpc) is 2.61. The number of ether oxygens (including phenoxy) is 2. The molecule has 0 aliphatic carbocycles. The van der Waals surface area contributed by atoms with E-state index in [0.717, 1.165) is 38.9 Å². The minimum atomic E-state index is -0.661. The van der Waals surface area contributed by atoms with Crippen molar-refractivity contribution < 1.29 is 23.4 Å². The number of hydrogen-bond donors (Lipinski definition) is 1. The van der Waals surface area contributed by atoms with Crippen LogP contribution >= 0.6 is 0 Å². The van der Waals surface area contributed by atoms with Gasteiger partial charge in [-0.1, -0.05) is 6.07 Å². The number of nitrogens with zero attached hydrogens (tertiary/aromatic N) is 2. The van der Waals surface area contributed by atoms with E-state index in [-0.39, 0.29) is 12.7 Å². The lowest BCUT2D eigenvalue weighted by Gasteiger charge is -2.31. The van der Waals surface area contributed by atoms with Crippen LogP contribution in [0.3, 0.4) is 0 Å². The molecule has 148 valence electrons. The molecule has 5 nitrogen and oxygen atoms in total. The highest BCUT2D eigenvalue weighted by atomic mass is 19.1. The zero-order chi connectivity index (χ0) is 18.9. The topological polar surface area (TPSA) is 45.2 Å². The van der Waals surface area contributed by atoms with Crippen molar-refractivity contribution in [3.8, 4) is 0 Å². The van der Waals surface area contributed by atoms with Gasteiger partial charge in [-0.15, -0.1) is 0 Å². The Bertz CT molecular complexity index is 540. The molecule has 1 heterocycles. The van der Waals surface area contributed by atoms with Gasteiger partial charge in [-0.3, -0.25) is 9.80 Å². The predicted molar refractivity (Wildman–Crippen MR) is 96.0 cm³/mol. The molecule has 0 radical (unpaired) electrons. The van der Waals surface area contributed by atoms with Crippen LogP contribution in [-0.4, -0.2) is 79.7 Å². The van der Waals surface area contributed by atoms with Gasteiger partial charge < -0.3 is 14.6 Å². The SMILES string of the molecule is CC(C)OCC(O)CN(CCN1CCOCC1)Cc1ccc(F)cc1F. The maximum Gasteiger partial charge on any atom is 0.130 e. The van der Waals surface area contributed by atoms with Crippen molar-refractivity contribution in [2.45, 2.75) is 32.6 Å². The Morgan fingerprint density at radius 1 is 1.27 bits per heavy atom. The van der Waals surface area contributed by atoms with Gasteiger partial charge >= 0.3 is 0 Å². The van der Waals surface area contributed by atoms with Gasteiger partial charge in [0.15, 0.2) is 0 Å². The van der Waals surface area contributed by atoms with Crippen LogP contribution in [0, 0.1) is 11.6 Å². The third-order valence-corrected chi connectivity index (χ3v) is 4.34. The zero-order valence-electron chi connectivity index (χ0n) is 15.7. The molecule has 2 rings (SSSR count). The minimum Gasteiger partial charge on any atom is -0.389 e. The molecular formula is C19H30F2N2O3. The maximum atomic E-state index is 14.0. The largest absolute Gasteiger partial charge is 0.389 e. The van der Waals surface area contributed by atoms with E-state index in [2.05, 4.69) is 4.90 Å². The van der Waals surface area contributed by atoms with Crippen LogP contribution in [0.5, 0.6) is 0 Å². The highest BCUT2D eigenvalue weighted by Crippen LogP contribution is 2.13. The molecule has 1 saturated heterocycles. The van der Waals surface area contributed by atoms with Crippen LogP contribution in [0.4, 0.5) is 8.78 Å². The van der Waals surface area contributed by atoms with Gasteiger partial charge in [-0.05, 0) is 19.9 Å². The monoisotopic (exact) mass is 372 g/mol. The summed E-state index contributed by atoms with van der Waals surface area (Å²) in [6.45, 7) is 9.41. The first-order valence-electron chi connectivity index (χ1n) is 9.20. The molecule has 1 aromatic rings. The fraction of sp³-hybridized carbons (Fsp3) is 0.684. The van der Waals surface area contributed by atoms with Crippen LogP contribution in [0.2, 0.25) is 0 Å². The summed E-state index contributed by atoms with van der Waals surface area (Å²) >= 11 is 0. The molecule has 1 aliphatic rings. The first kappa shape index (κ1) is 21.2. The van der Waals surface area contributed by atoms with Gasteiger partial charge in [0.1, 0.15) is 11.6 Å². The number of aliphatic hydroxyl groups is 1. The number of halogens is 2. The average molecular weight is 372 g/mol. The summed E-state index contributed by atoms with van der Waals surface area (Å²) < 4.78 is 38.0. The number of aliphatic hydroxyl groups excluding tert-OH is 1. The zero-order valence-corrected chi connectivity index (χ0v) is 15.7. The smallest absolute Gasteiger partial charge is 0.130 e. The van der Waals surface area contributed by atoms with Crippen molar-refractivity contribution in [3.63, 3.8) is 0 Å². The standard InChI is InChI=1S/C19H30F2N2O3/c1-15(2)26-14-18(24)13-23(6-5-22-7-9-25-10-8-22)12-16-3-4-17(20)11-19(16)21/h3-4,11,15,18,24H,5-10,12-14H2,1-2H3. The summed E-state index contributed by atoms with van der Waals surface area (Å²) in [6, 6.07) is 3.62. The molecule has 1 fully saturated rings. The Balaban J connectivity index is 1.94. The first-order chi connectivity index (χ1) is 12.4. The first-order valence-corrected chi connectivity index (χ1v) is 9.20. The van der Waals surface area contributed by atoms with Crippen LogP contribution in [0.15, 0.2) is 18.2 Å². The van der Waals surface area contributed by atoms with E-state index in [1.54, 1.807) is 0 Å². The van der Waals surface area contributed by atoms with Crippen LogP contribution < -0.4 is 0 Å². The summed E-state index contributed by atoms with van der Waals surface area (Å²) in [6.07, 6.45) is -0.619. The lowest BCUT2D eigenvalue weighted by atomic mass is 10.2. The second-order valence-electron chi connectivity index (χ2n) is 6.96. The summed E-state index contributed by atoms with van der Waals surface area (Å²) in [7, 11) is 0. The maximum absolute atomic E-state index is 14.0. The molecule has 1 atom stereocenters. The number of hydrogen-bond acceptors (Lipinski definition) is 5. The summed E-state index contributed by atoms with van der Waals surface area (Å²) in [5.74, 6) is -1.15. The molecule has 0 amide bonds. The normalized spacial score (nSPS) is 17.2. The van der Waals surface area contributed by atoms with E-state index in [1.165, 1.54) is 12.1 Å². The Hall–Kier alpha value is -1.12. The van der Waals surface area contributed by atoms with Crippen molar-refractivity contribution in [2.75, 3.05) is 52.5 Å². The molecule has 26 heavy (non-hydrogen) atoms. The van der Waals surface area contributed by atoms with Crippen LogP contribution in [0.25, 0.3) is 0 Å². The van der Waals surface area contributed by atoms with E-state index < -0.39 is 17.7 Å². The van der Waals surface area contributed by atoms with Crippen LogP contribution in [-0.2, 0) is 16.0 Å². The van der Waals surface area contributed by atoms with Gasteiger partial charge in [0.2, 0.25) is 0 Å². The Labute approximate surface area is 154 Å². The number of morpholine rings is 1. The highest BCUT2D eigenvalue weighted by Gasteiger charge is 2.17. The lowest BCUT2D eigenvalue weighted by molar-refractivity contribution is -0.0130. The van der Waals surface area contributed by atoms with E-state index in [9.17, 15) is 13.9 Å².